The Morgan fingerprint density at radius 1 is 1.10 bits per heavy atom. The summed E-state index contributed by atoms with van der Waals surface area (Å²) >= 11 is 0. The molecule has 1 saturated heterocycles. The van der Waals surface area contributed by atoms with Gasteiger partial charge in [-0.1, -0.05) is 46.5 Å². The van der Waals surface area contributed by atoms with Crippen molar-refractivity contribution in [1.82, 2.24) is 10.2 Å². The molecule has 0 radical (unpaired) electrons. The number of rotatable bonds is 8. The highest BCUT2D eigenvalue weighted by atomic mass is 15.2. The van der Waals surface area contributed by atoms with E-state index in [1.54, 1.807) is 0 Å². The Bertz CT molecular complexity index is 271. The van der Waals surface area contributed by atoms with Gasteiger partial charge in [-0.2, -0.15) is 0 Å². The Labute approximate surface area is 133 Å². The number of piperidine rings is 1. The summed E-state index contributed by atoms with van der Waals surface area (Å²) in [6.07, 6.45) is 11.5. The van der Waals surface area contributed by atoms with Gasteiger partial charge in [0, 0.05) is 25.7 Å². The smallest absolute Gasteiger partial charge is 0.0198 e. The van der Waals surface area contributed by atoms with Gasteiger partial charge in [-0.3, -0.25) is 0 Å². The fourth-order valence-corrected chi connectivity index (χ4v) is 4.37. The molecule has 0 spiro atoms. The first-order chi connectivity index (χ1) is 10.2. The molecular weight excluding hydrogens is 256 g/mol. The molecule has 2 atom stereocenters. The van der Waals surface area contributed by atoms with Crippen LogP contribution in [-0.2, 0) is 0 Å². The second-order valence-corrected chi connectivity index (χ2v) is 8.11. The summed E-state index contributed by atoms with van der Waals surface area (Å²) in [4.78, 5) is 2.74. The highest BCUT2D eigenvalue weighted by molar-refractivity contribution is 4.85. The molecule has 0 aromatic rings. The maximum atomic E-state index is 3.93. The van der Waals surface area contributed by atoms with Crippen LogP contribution in [0.2, 0.25) is 0 Å². The zero-order valence-electron chi connectivity index (χ0n) is 14.7. The maximum Gasteiger partial charge on any atom is 0.0198 e. The van der Waals surface area contributed by atoms with Crippen LogP contribution in [0.15, 0.2) is 0 Å². The van der Waals surface area contributed by atoms with Crippen LogP contribution in [0.25, 0.3) is 0 Å². The molecular formula is C19H38N2. The number of hydrogen-bond donors (Lipinski definition) is 1. The third-order valence-electron chi connectivity index (χ3n) is 5.37. The van der Waals surface area contributed by atoms with E-state index in [9.17, 15) is 0 Å². The van der Waals surface area contributed by atoms with E-state index in [4.69, 9.17) is 0 Å². The second-order valence-electron chi connectivity index (χ2n) is 8.11. The zero-order chi connectivity index (χ0) is 15.1. The number of likely N-dealkylation sites (tertiary alicyclic amines) is 1. The van der Waals surface area contributed by atoms with Gasteiger partial charge in [-0.15, -0.1) is 0 Å². The van der Waals surface area contributed by atoms with Crippen molar-refractivity contribution < 1.29 is 0 Å². The van der Waals surface area contributed by atoms with Crippen LogP contribution in [0.1, 0.15) is 72.1 Å². The number of hydrogen-bond acceptors (Lipinski definition) is 2. The highest BCUT2D eigenvalue weighted by Gasteiger charge is 2.27. The highest BCUT2D eigenvalue weighted by Crippen LogP contribution is 2.26. The molecule has 0 bridgehead atoms. The molecule has 2 fully saturated rings. The van der Waals surface area contributed by atoms with Crippen molar-refractivity contribution in [2.45, 2.75) is 78.2 Å². The number of unbranched alkanes of at least 4 members (excludes halogenated alkanes) is 1. The van der Waals surface area contributed by atoms with Gasteiger partial charge in [-0.05, 0) is 50.0 Å². The molecule has 2 nitrogen and oxygen atoms in total. The van der Waals surface area contributed by atoms with Crippen molar-refractivity contribution in [2.24, 2.45) is 17.8 Å². The molecule has 1 N–H and O–H groups in total. The fourth-order valence-electron chi connectivity index (χ4n) is 4.37. The lowest BCUT2D eigenvalue weighted by Gasteiger charge is -2.39. The van der Waals surface area contributed by atoms with Gasteiger partial charge in [0.05, 0.1) is 0 Å². The lowest BCUT2D eigenvalue weighted by molar-refractivity contribution is 0.120. The minimum atomic E-state index is 0.750. The zero-order valence-corrected chi connectivity index (χ0v) is 14.7. The van der Waals surface area contributed by atoms with Crippen molar-refractivity contribution in [2.75, 3.05) is 26.2 Å². The molecule has 2 aliphatic rings. The van der Waals surface area contributed by atoms with E-state index < -0.39 is 0 Å². The van der Waals surface area contributed by atoms with Crippen molar-refractivity contribution in [3.8, 4) is 0 Å². The maximum absolute atomic E-state index is 3.93. The van der Waals surface area contributed by atoms with Gasteiger partial charge in [-0.25, -0.2) is 0 Å². The van der Waals surface area contributed by atoms with E-state index >= 15 is 0 Å². The lowest BCUT2D eigenvalue weighted by atomic mass is 9.89. The van der Waals surface area contributed by atoms with E-state index in [-0.39, 0.29) is 0 Å². The van der Waals surface area contributed by atoms with Crippen LogP contribution in [0.5, 0.6) is 0 Å². The molecule has 2 rings (SSSR count). The van der Waals surface area contributed by atoms with Crippen molar-refractivity contribution in [1.29, 1.82) is 0 Å². The predicted molar refractivity (Wildman–Crippen MR) is 92.7 cm³/mol. The molecule has 2 heteroatoms. The Balaban J connectivity index is 1.79. The predicted octanol–water partition coefficient (Wildman–Crippen LogP) is 4.30. The Kier molecular flexibility index (Phi) is 7.53. The normalized spacial score (nSPS) is 28.6. The van der Waals surface area contributed by atoms with Gasteiger partial charge in [0.25, 0.3) is 0 Å². The SMILES string of the molecule is CCCCC1CC(NCC2CCCC2)CN(CC(C)C)C1. The van der Waals surface area contributed by atoms with Crippen LogP contribution in [-0.4, -0.2) is 37.1 Å². The summed E-state index contributed by atoms with van der Waals surface area (Å²) in [5.41, 5.74) is 0. The first-order valence-electron chi connectivity index (χ1n) is 9.63. The van der Waals surface area contributed by atoms with Gasteiger partial charge in [0.1, 0.15) is 0 Å². The molecule has 0 aromatic heterocycles. The van der Waals surface area contributed by atoms with Crippen LogP contribution in [0.3, 0.4) is 0 Å². The molecule has 1 aliphatic carbocycles. The Hall–Kier alpha value is -0.0800. The standard InChI is InChI=1S/C19H38N2/c1-4-5-8-18-11-19(15-21(14-18)13-16(2)3)20-12-17-9-6-7-10-17/h16-20H,4-15H2,1-3H3. The largest absolute Gasteiger partial charge is 0.312 e. The summed E-state index contributed by atoms with van der Waals surface area (Å²) in [5, 5.41) is 3.93. The summed E-state index contributed by atoms with van der Waals surface area (Å²) in [5.74, 6) is 2.70. The Morgan fingerprint density at radius 3 is 2.52 bits per heavy atom. The third-order valence-corrected chi connectivity index (χ3v) is 5.37. The fraction of sp³-hybridized carbons (Fsp3) is 1.00. The van der Waals surface area contributed by atoms with E-state index in [0.717, 1.165) is 23.8 Å². The molecule has 1 aliphatic heterocycles. The van der Waals surface area contributed by atoms with Gasteiger partial charge < -0.3 is 10.2 Å². The Morgan fingerprint density at radius 2 is 1.86 bits per heavy atom. The minimum Gasteiger partial charge on any atom is -0.312 e. The molecule has 0 amide bonds. The van der Waals surface area contributed by atoms with Gasteiger partial charge in [0.2, 0.25) is 0 Å². The van der Waals surface area contributed by atoms with Crippen LogP contribution in [0.4, 0.5) is 0 Å². The summed E-state index contributed by atoms with van der Waals surface area (Å²) in [6.45, 7) is 12.2. The molecule has 21 heavy (non-hydrogen) atoms. The van der Waals surface area contributed by atoms with Gasteiger partial charge in [0.15, 0.2) is 0 Å². The molecule has 1 heterocycles. The molecule has 1 saturated carbocycles. The van der Waals surface area contributed by atoms with Crippen molar-refractivity contribution in [3.05, 3.63) is 0 Å². The first kappa shape index (κ1) is 17.3. The minimum absolute atomic E-state index is 0.750. The monoisotopic (exact) mass is 294 g/mol. The van der Waals surface area contributed by atoms with Crippen molar-refractivity contribution in [3.63, 3.8) is 0 Å². The summed E-state index contributed by atoms with van der Waals surface area (Å²) in [7, 11) is 0. The van der Waals surface area contributed by atoms with E-state index in [1.165, 1.54) is 77.5 Å². The average molecular weight is 295 g/mol. The van der Waals surface area contributed by atoms with E-state index in [2.05, 4.69) is 31.0 Å². The number of nitrogens with zero attached hydrogens (tertiary/aromatic N) is 1. The van der Waals surface area contributed by atoms with Crippen molar-refractivity contribution >= 4 is 0 Å². The van der Waals surface area contributed by atoms with Gasteiger partial charge >= 0.3 is 0 Å². The molecule has 0 aromatic carbocycles. The summed E-state index contributed by atoms with van der Waals surface area (Å²) in [6, 6.07) is 0.750. The summed E-state index contributed by atoms with van der Waals surface area (Å²) < 4.78 is 0. The van der Waals surface area contributed by atoms with Crippen LogP contribution >= 0.6 is 0 Å². The van der Waals surface area contributed by atoms with E-state index in [1.807, 2.05) is 0 Å². The van der Waals surface area contributed by atoms with E-state index in [0.29, 0.717) is 0 Å². The number of nitrogens with one attached hydrogen (secondary N) is 1. The average Bonchev–Trinajstić information content (AvgIpc) is 2.95. The molecule has 124 valence electrons. The third kappa shape index (κ3) is 6.28. The topological polar surface area (TPSA) is 15.3 Å². The van der Waals surface area contributed by atoms with Crippen LogP contribution in [0, 0.1) is 17.8 Å². The van der Waals surface area contributed by atoms with Crippen LogP contribution < -0.4 is 5.32 Å². The quantitative estimate of drug-likeness (QED) is 0.718. The lowest BCUT2D eigenvalue weighted by Crippen LogP contribution is -2.50. The first-order valence-corrected chi connectivity index (χ1v) is 9.63. The second kappa shape index (κ2) is 9.15. The molecule has 2 unspecified atom stereocenters.